The van der Waals surface area contributed by atoms with E-state index < -0.39 is 0 Å². The molecule has 0 amide bonds. The van der Waals surface area contributed by atoms with Crippen LogP contribution in [0.3, 0.4) is 0 Å². The zero-order valence-electron chi connectivity index (χ0n) is 40.1. The monoisotopic (exact) mass is 920 g/mol. The first-order valence-electron chi connectivity index (χ1n) is 24.9. The Balaban J connectivity index is 0.829. The van der Waals surface area contributed by atoms with Crippen molar-refractivity contribution in [1.29, 1.82) is 0 Å². The number of para-hydroxylation sites is 3. The minimum absolute atomic E-state index is 0.245. The molecule has 14 rings (SSSR count). The molecule has 0 aliphatic heterocycles. The van der Waals surface area contributed by atoms with Crippen LogP contribution in [0.15, 0.2) is 259 Å². The lowest BCUT2D eigenvalue weighted by Gasteiger charge is -2.28. The van der Waals surface area contributed by atoms with Crippen molar-refractivity contribution in [2.45, 2.75) is 19.3 Å². The van der Waals surface area contributed by atoms with E-state index in [4.69, 9.17) is 4.42 Å². The molecule has 11 aromatic carbocycles. The van der Waals surface area contributed by atoms with Gasteiger partial charge >= 0.3 is 0 Å². The third-order valence-electron chi connectivity index (χ3n) is 15.2. The minimum Gasteiger partial charge on any atom is -0.456 e. The lowest BCUT2D eigenvalue weighted by molar-refractivity contribution is 0.660. The second kappa shape index (κ2) is 16.5. The molecule has 2 heterocycles. The Morgan fingerprint density at radius 1 is 0.319 bits per heavy atom. The van der Waals surface area contributed by atoms with Gasteiger partial charge in [0.2, 0.25) is 0 Å². The molecular weight excluding hydrogens is 873 g/mol. The van der Waals surface area contributed by atoms with Gasteiger partial charge < -0.3 is 13.9 Å². The molecule has 0 saturated heterocycles. The molecule has 0 N–H and O–H groups in total. The largest absolute Gasteiger partial charge is 0.456 e. The Morgan fingerprint density at radius 2 is 0.778 bits per heavy atom. The van der Waals surface area contributed by atoms with Gasteiger partial charge in [-0.25, -0.2) is 0 Å². The summed E-state index contributed by atoms with van der Waals surface area (Å²) in [7, 11) is 0. The fourth-order valence-electron chi connectivity index (χ4n) is 11.5. The number of benzene rings is 11. The first-order valence-corrected chi connectivity index (χ1v) is 24.9. The van der Waals surface area contributed by atoms with E-state index in [0.29, 0.717) is 0 Å². The van der Waals surface area contributed by atoms with E-state index in [0.717, 1.165) is 50.1 Å². The summed E-state index contributed by atoms with van der Waals surface area (Å²) < 4.78 is 8.68. The van der Waals surface area contributed by atoms with Crippen molar-refractivity contribution in [3.8, 4) is 61.3 Å². The number of aromatic nitrogens is 1. The molecule has 72 heavy (non-hydrogen) atoms. The van der Waals surface area contributed by atoms with Crippen LogP contribution in [0.4, 0.5) is 17.1 Å². The summed E-state index contributed by atoms with van der Waals surface area (Å²) >= 11 is 0. The van der Waals surface area contributed by atoms with E-state index in [9.17, 15) is 0 Å². The molecule has 0 bridgehead atoms. The molecule has 1 aliphatic carbocycles. The van der Waals surface area contributed by atoms with Gasteiger partial charge in [-0.1, -0.05) is 178 Å². The molecule has 0 spiro atoms. The number of hydrogen-bond donors (Lipinski definition) is 0. The van der Waals surface area contributed by atoms with Crippen LogP contribution in [-0.4, -0.2) is 4.57 Å². The Bertz CT molecular complexity index is 4200. The van der Waals surface area contributed by atoms with Crippen LogP contribution in [-0.2, 0) is 5.41 Å². The van der Waals surface area contributed by atoms with E-state index in [1.807, 2.05) is 12.1 Å². The Hall–Kier alpha value is -9.18. The van der Waals surface area contributed by atoms with Gasteiger partial charge in [0, 0.05) is 49.7 Å². The number of nitrogens with zero attached hydrogens (tertiary/aromatic N) is 2. The van der Waals surface area contributed by atoms with E-state index in [1.165, 1.54) is 83.1 Å². The van der Waals surface area contributed by atoms with E-state index in [-0.39, 0.29) is 5.41 Å². The molecule has 0 unspecified atom stereocenters. The maximum atomic E-state index is 6.30. The molecule has 3 heteroatoms. The van der Waals surface area contributed by atoms with Crippen molar-refractivity contribution in [2.75, 3.05) is 4.90 Å². The molecule has 0 fully saturated rings. The predicted molar refractivity (Wildman–Crippen MR) is 302 cm³/mol. The number of hydrogen-bond acceptors (Lipinski definition) is 2. The molecule has 13 aromatic rings. The fraction of sp³-hybridized carbons (Fsp3) is 0.0435. The van der Waals surface area contributed by atoms with Crippen LogP contribution in [0.5, 0.6) is 0 Å². The van der Waals surface area contributed by atoms with Gasteiger partial charge in [-0.3, -0.25) is 0 Å². The first kappa shape index (κ1) is 41.8. The molecular formula is C69H48N2O. The molecule has 0 radical (unpaired) electrons. The highest BCUT2D eigenvalue weighted by molar-refractivity contribution is 6.11. The average molecular weight is 921 g/mol. The highest BCUT2D eigenvalue weighted by Gasteiger charge is 2.36. The zero-order chi connectivity index (χ0) is 47.9. The van der Waals surface area contributed by atoms with Crippen LogP contribution >= 0.6 is 0 Å². The van der Waals surface area contributed by atoms with Crippen LogP contribution in [0.2, 0.25) is 0 Å². The van der Waals surface area contributed by atoms with Crippen LogP contribution in [0.1, 0.15) is 25.0 Å². The van der Waals surface area contributed by atoms with Gasteiger partial charge in [-0.15, -0.1) is 0 Å². The maximum Gasteiger partial charge on any atom is 0.136 e. The highest BCUT2D eigenvalue weighted by Crippen LogP contribution is 2.52. The quantitative estimate of drug-likeness (QED) is 0.151. The van der Waals surface area contributed by atoms with Crippen molar-refractivity contribution in [3.63, 3.8) is 0 Å². The topological polar surface area (TPSA) is 21.3 Å². The smallest absolute Gasteiger partial charge is 0.136 e. The molecule has 340 valence electrons. The standard InChI is InChI=1S/C69H48N2O/c1-69(2)63-42-51(50-31-40-66-62(41-50)59-17-9-11-19-65(59)71(66)53-15-7-4-8-16-53)29-37-57(63)58-39-36-56(44-64(58)69)70(54-32-25-48(26-33-54)47-23-21-46(22-24-47)45-13-5-3-6-14-45)55-34-27-49(28-35-55)52-30-38-61-60-18-10-12-20-67(60)72-68(61)43-52/h3-44H,1-2H3. The fourth-order valence-corrected chi connectivity index (χ4v) is 11.5. The predicted octanol–water partition coefficient (Wildman–Crippen LogP) is 19.1. The Kier molecular flexibility index (Phi) is 9.56. The SMILES string of the molecule is CC1(C)c2cc(-c3ccc4c(c3)c3ccccc3n4-c3ccccc3)ccc2-c2ccc(N(c3ccc(-c4ccc(-c5ccccc5)cc4)cc3)c3ccc(-c4ccc5c(c4)oc4ccccc45)cc3)cc21. The highest BCUT2D eigenvalue weighted by atomic mass is 16.3. The summed E-state index contributed by atoms with van der Waals surface area (Å²) in [5.41, 5.74) is 23.2. The van der Waals surface area contributed by atoms with Crippen LogP contribution in [0, 0.1) is 0 Å². The summed E-state index contributed by atoms with van der Waals surface area (Å²) in [6, 6.07) is 92.9. The van der Waals surface area contributed by atoms with Gasteiger partial charge in [0.05, 0.1) is 11.0 Å². The molecule has 0 atom stereocenters. The van der Waals surface area contributed by atoms with Crippen molar-refractivity contribution < 1.29 is 4.42 Å². The van der Waals surface area contributed by atoms with E-state index in [1.54, 1.807) is 0 Å². The lowest BCUT2D eigenvalue weighted by Crippen LogP contribution is -2.16. The van der Waals surface area contributed by atoms with E-state index >= 15 is 0 Å². The summed E-state index contributed by atoms with van der Waals surface area (Å²) in [5.74, 6) is 0. The van der Waals surface area contributed by atoms with E-state index in [2.05, 4.69) is 266 Å². The summed E-state index contributed by atoms with van der Waals surface area (Å²) in [4.78, 5) is 2.40. The van der Waals surface area contributed by atoms with Crippen molar-refractivity contribution in [3.05, 3.63) is 266 Å². The Morgan fingerprint density at radius 3 is 1.49 bits per heavy atom. The number of furan rings is 1. The third-order valence-corrected chi connectivity index (χ3v) is 15.2. The molecule has 0 saturated carbocycles. The number of fused-ring (bicyclic) bond motifs is 9. The second-order valence-corrected chi connectivity index (χ2v) is 19.7. The third kappa shape index (κ3) is 6.81. The second-order valence-electron chi connectivity index (χ2n) is 19.7. The van der Waals surface area contributed by atoms with Crippen molar-refractivity contribution >= 4 is 60.8 Å². The normalized spacial score (nSPS) is 12.7. The zero-order valence-corrected chi connectivity index (χ0v) is 40.1. The lowest BCUT2D eigenvalue weighted by atomic mass is 9.81. The maximum absolute atomic E-state index is 6.30. The van der Waals surface area contributed by atoms with Gasteiger partial charge in [0.1, 0.15) is 11.2 Å². The summed E-state index contributed by atoms with van der Waals surface area (Å²) in [6.45, 7) is 4.77. The van der Waals surface area contributed by atoms with Gasteiger partial charge in [-0.05, 0) is 158 Å². The van der Waals surface area contributed by atoms with Gasteiger partial charge in [-0.2, -0.15) is 0 Å². The summed E-state index contributed by atoms with van der Waals surface area (Å²) in [5, 5.41) is 4.79. The van der Waals surface area contributed by atoms with Crippen molar-refractivity contribution in [2.24, 2.45) is 0 Å². The minimum atomic E-state index is -0.245. The van der Waals surface area contributed by atoms with Gasteiger partial charge in [0.25, 0.3) is 0 Å². The Labute approximate surface area is 419 Å². The van der Waals surface area contributed by atoms with Crippen molar-refractivity contribution in [1.82, 2.24) is 4.57 Å². The molecule has 1 aliphatic rings. The van der Waals surface area contributed by atoms with Crippen LogP contribution in [0.25, 0.3) is 105 Å². The molecule has 3 nitrogen and oxygen atoms in total. The average Bonchev–Trinajstić information content (AvgIpc) is 4.06. The number of rotatable bonds is 8. The summed E-state index contributed by atoms with van der Waals surface area (Å²) in [6.07, 6.45) is 0. The first-order chi connectivity index (χ1) is 35.4. The van der Waals surface area contributed by atoms with Gasteiger partial charge in [0.15, 0.2) is 0 Å². The number of anilines is 3. The van der Waals surface area contributed by atoms with Crippen LogP contribution < -0.4 is 4.90 Å². The molecule has 2 aromatic heterocycles.